The lowest BCUT2D eigenvalue weighted by atomic mass is 10.0. The van der Waals surface area contributed by atoms with E-state index in [2.05, 4.69) is 16.0 Å². The predicted molar refractivity (Wildman–Crippen MR) is 148 cm³/mol. The van der Waals surface area contributed by atoms with Crippen molar-refractivity contribution in [2.75, 3.05) is 13.1 Å². The smallest absolute Gasteiger partial charge is 0.272 e. The van der Waals surface area contributed by atoms with Gasteiger partial charge < -0.3 is 14.4 Å². The first kappa shape index (κ1) is 26.6. The van der Waals surface area contributed by atoms with E-state index in [0.29, 0.717) is 41.5 Å². The van der Waals surface area contributed by atoms with Crippen molar-refractivity contribution in [2.24, 2.45) is 0 Å². The number of nitriles is 1. The van der Waals surface area contributed by atoms with E-state index in [1.807, 2.05) is 31.2 Å². The third kappa shape index (κ3) is 6.69. The van der Waals surface area contributed by atoms with Gasteiger partial charge in [-0.3, -0.25) is 14.6 Å². The summed E-state index contributed by atoms with van der Waals surface area (Å²) >= 11 is 0. The number of nitrogens with zero attached hydrogens (tertiary/aromatic N) is 4. The molecule has 1 aliphatic rings. The Labute approximate surface area is 232 Å². The zero-order chi connectivity index (χ0) is 27.9. The maximum atomic E-state index is 13.0. The molecular formula is C32H28N4O4. The van der Waals surface area contributed by atoms with Crippen molar-refractivity contribution in [3.05, 3.63) is 113 Å². The summed E-state index contributed by atoms with van der Waals surface area (Å²) in [6.45, 7) is 3.23. The Morgan fingerprint density at radius 2 is 1.62 bits per heavy atom. The van der Waals surface area contributed by atoms with Crippen molar-refractivity contribution in [1.29, 1.82) is 5.26 Å². The molecule has 0 atom stereocenters. The minimum atomic E-state index is -0.144. The molecule has 40 heavy (non-hydrogen) atoms. The number of amides is 1. The van der Waals surface area contributed by atoms with Gasteiger partial charge in [-0.15, -0.1) is 0 Å². The molecule has 8 heteroatoms. The number of aromatic nitrogens is 2. The van der Waals surface area contributed by atoms with Crippen LogP contribution in [0.5, 0.6) is 17.4 Å². The molecule has 4 aromatic rings. The van der Waals surface area contributed by atoms with Crippen molar-refractivity contribution in [3.8, 4) is 23.4 Å². The summed E-state index contributed by atoms with van der Waals surface area (Å²) < 4.78 is 11.7. The Morgan fingerprint density at radius 1 is 0.900 bits per heavy atom. The number of ketones is 1. The second kappa shape index (κ2) is 12.2. The third-order valence-electron chi connectivity index (χ3n) is 6.73. The Hall–Kier alpha value is -5.03. The number of hydrogen-bond donors (Lipinski definition) is 0. The number of likely N-dealkylation sites (tertiary alicyclic amines) is 1. The highest BCUT2D eigenvalue weighted by atomic mass is 16.5. The molecule has 0 unspecified atom stereocenters. The fourth-order valence-corrected chi connectivity index (χ4v) is 4.41. The summed E-state index contributed by atoms with van der Waals surface area (Å²) in [7, 11) is 0. The van der Waals surface area contributed by atoms with Crippen LogP contribution < -0.4 is 9.47 Å². The summed E-state index contributed by atoms with van der Waals surface area (Å²) in [6, 6.07) is 23.5. The van der Waals surface area contributed by atoms with Crippen LogP contribution in [0, 0.1) is 18.3 Å². The van der Waals surface area contributed by atoms with Crippen LogP contribution in [-0.2, 0) is 6.42 Å². The number of benzene rings is 2. The molecule has 0 aliphatic carbocycles. The first-order chi connectivity index (χ1) is 19.5. The number of carbonyl (C=O) groups is 2. The Balaban J connectivity index is 1.11. The molecule has 0 saturated carbocycles. The lowest BCUT2D eigenvalue weighted by Crippen LogP contribution is -2.42. The first-order valence-electron chi connectivity index (χ1n) is 13.1. The Morgan fingerprint density at radius 3 is 2.25 bits per heavy atom. The van der Waals surface area contributed by atoms with E-state index in [0.717, 1.165) is 24.2 Å². The van der Waals surface area contributed by atoms with E-state index in [1.165, 1.54) is 11.8 Å². The van der Waals surface area contributed by atoms with Crippen molar-refractivity contribution >= 4 is 11.7 Å². The predicted octanol–water partition coefficient (Wildman–Crippen LogP) is 5.56. The van der Waals surface area contributed by atoms with Crippen LogP contribution >= 0.6 is 0 Å². The molecule has 3 heterocycles. The third-order valence-corrected chi connectivity index (χ3v) is 6.73. The maximum Gasteiger partial charge on any atom is 0.272 e. The van der Waals surface area contributed by atoms with Crippen LogP contribution in [0.25, 0.3) is 0 Å². The van der Waals surface area contributed by atoms with Gasteiger partial charge in [0.1, 0.15) is 23.3 Å². The van der Waals surface area contributed by atoms with Gasteiger partial charge in [0.05, 0.1) is 11.6 Å². The fraction of sp³-hybridized carbons (Fsp3) is 0.219. The Bertz CT molecular complexity index is 1500. The second-order valence-corrected chi connectivity index (χ2v) is 9.70. The van der Waals surface area contributed by atoms with Gasteiger partial charge in [-0.1, -0.05) is 23.8 Å². The molecule has 2 aromatic heterocycles. The molecule has 0 bridgehead atoms. The van der Waals surface area contributed by atoms with Gasteiger partial charge in [-0.25, -0.2) is 4.98 Å². The number of ether oxygens (including phenoxy) is 2. The van der Waals surface area contributed by atoms with E-state index < -0.39 is 0 Å². The highest BCUT2D eigenvalue weighted by Gasteiger charge is 2.25. The van der Waals surface area contributed by atoms with Crippen LogP contribution in [0.3, 0.4) is 0 Å². The molecule has 200 valence electrons. The van der Waals surface area contributed by atoms with Gasteiger partial charge >= 0.3 is 0 Å². The number of aryl methyl sites for hydroxylation is 1. The summed E-state index contributed by atoms with van der Waals surface area (Å²) in [5, 5.41) is 8.89. The van der Waals surface area contributed by atoms with Crippen molar-refractivity contribution in [3.63, 3.8) is 0 Å². The van der Waals surface area contributed by atoms with E-state index in [9.17, 15) is 9.59 Å². The molecule has 1 saturated heterocycles. The van der Waals surface area contributed by atoms with E-state index in [1.54, 1.807) is 59.6 Å². The van der Waals surface area contributed by atoms with Crippen molar-refractivity contribution in [1.82, 2.24) is 14.9 Å². The van der Waals surface area contributed by atoms with Crippen molar-refractivity contribution in [2.45, 2.75) is 32.3 Å². The number of hydrogen-bond acceptors (Lipinski definition) is 7. The summed E-state index contributed by atoms with van der Waals surface area (Å²) in [6.07, 6.45) is 4.77. The molecule has 1 amide bonds. The molecule has 5 rings (SSSR count). The SMILES string of the molecule is Cc1ccc(OC2CCN(C(=O)c3ccc(C(=O)Cc4ccc(Oc5ccc(C#N)cc5)nc4)cn3)CC2)cc1. The van der Waals surface area contributed by atoms with E-state index in [4.69, 9.17) is 14.7 Å². The first-order valence-corrected chi connectivity index (χ1v) is 13.1. The Kier molecular flexibility index (Phi) is 8.12. The van der Waals surface area contributed by atoms with Crippen LogP contribution in [0.1, 0.15) is 50.4 Å². The van der Waals surface area contributed by atoms with Crippen molar-refractivity contribution < 1.29 is 19.1 Å². The normalized spacial score (nSPS) is 13.3. The van der Waals surface area contributed by atoms with Crippen LogP contribution in [0.4, 0.5) is 0 Å². The average Bonchev–Trinajstić information content (AvgIpc) is 3.00. The van der Waals surface area contributed by atoms with Gasteiger partial charge in [0.2, 0.25) is 5.88 Å². The molecule has 0 radical (unpaired) electrons. The topological polar surface area (TPSA) is 105 Å². The maximum absolute atomic E-state index is 13.0. The molecule has 0 spiro atoms. The van der Waals surface area contributed by atoms with Crippen LogP contribution in [0.15, 0.2) is 85.2 Å². The van der Waals surface area contributed by atoms with Crippen LogP contribution in [0.2, 0.25) is 0 Å². The molecule has 2 aromatic carbocycles. The quantitative estimate of drug-likeness (QED) is 0.274. The molecule has 0 N–H and O–H groups in total. The highest BCUT2D eigenvalue weighted by molar-refractivity contribution is 5.98. The minimum Gasteiger partial charge on any atom is -0.490 e. The molecular weight excluding hydrogens is 504 g/mol. The van der Waals surface area contributed by atoms with E-state index >= 15 is 0 Å². The monoisotopic (exact) mass is 532 g/mol. The number of rotatable bonds is 8. The average molecular weight is 533 g/mol. The van der Waals surface area contributed by atoms with Gasteiger partial charge in [-0.2, -0.15) is 5.26 Å². The standard InChI is InChI=1S/C32H28N4O4/c1-22-2-8-26(9-3-22)39-28-14-16-36(17-15-28)32(38)29-12-7-25(21-34-29)30(37)18-24-6-13-31(35-20-24)40-27-10-4-23(19-33)5-11-27/h2-13,20-21,28H,14-18H2,1H3. The van der Waals surface area contributed by atoms with Gasteiger partial charge in [0.15, 0.2) is 5.78 Å². The lowest BCUT2D eigenvalue weighted by molar-refractivity contribution is 0.0589. The second-order valence-electron chi connectivity index (χ2n) is 9.70. The summed E-state index contributed by atoms with van der Waals surface area (Å²) in [4.78, 5) is 36.1. The lowest BCUT2D eigenvalue weighted by Gasteiger charge is -2.32. The zero-order valence-electron chi connectivity index (χ0n) is 22.1. The zero-order valence-corrected chi connectivity index (χ0v) is 22.1. The molecule has 8 nitrogen and oxygen atoms in total. The highest BCUT2D eigenvalue weighted by Crippen LogP contribution is 2.22. The number of Topliss-reactive ketones (excluding diaryl/α,β-unsaturated/α-hetero) is 1. The van der Waals surface area contributed by atoms with Gasteiger partial charge in [0, 0.05) is 56.4 Å². The van der Waals surface area contributed by atoms with Crippen LogP contribution in [-0.4, -0.2) is 45.8 Å². The number of carbonyl (C=O) groups excluding carboxylic acids is 2. The molecule has 1 fully saturated rings. The van der Waals surface area contributed by atoms with E-state index in [-0.39, 0.29) is 24.2 Å². The fourth-order valence-electron chi connectivity index (χ4n) is 4.41. The summed E-state index contributed by atoms with van der Waals surface area (Å²) in [5.74, 6) is 1.53. The largest absolute Gasteiger partial charge is 0.490 e. The number of pyridine rings is 2. The summed E-state index contributed by atoms with van der Waals surface area (Å²) in [5.41, 5.74) is 3.21. The van der Waals surface area contributed by atoms with Gasteiger partial charge in [0.25, 0.3) is 5.91 Å². The van der Waals surface area contributed by atoms with Gasteiger partial charge in [-0.05, 0) is 61.0 Å². The minimum absolute atomic E-state index is 0.0748. The number of piperidine rings is 1. The molecule has 1 aliphatic heterocycles.